The largest absolute Gasteiger partial charge is 0.465 e. The number of nitriles is 1. The number of hydrogen-bond donors (Lipinski definition) is 0. The Morgan fingerprint density at radius 2 is 2.05 bits per heavy atom. The molecule has 108 valence electrons. The van der Waals surface area contributed by atoms with E-state index < -0.39 is 5.41 Å². The first-order valence-corrected chi connectivity index (χ1v) is 7.68. The summed E-state index contributed by atoms with van der Waals surface area (Å²) in [7, 11) is 0. The molecule has 1 aromatic carbocycles. The van der Waals surface area contributed by atoms with Gasteiger partial charge in [-0.3, -0.25) is 4.79 Å². The number of nitrogens with zero attached hydrogens (tertiary/aromatic N) is 1. The first-order chi connectivity index (χ1) is 10.1. The summed E-state index contributed by atoms with van der Waals surface area (Å²) in [6.07, 6.45) is 0.593. The van der Waals surface area contributed by atoms with Crippen LogP contribution in [0.25, 0.3) is 0 Å². The molecule has 3 nitrogen and oxygen atoms in total. The predicted octanol–water partition coefficient (Wildman–Crippen LogP) is 3.68. The van der Waals surface area contributed by atoms with E-state index in [-0.39, 0.29) is 5.97 Å². The van der Waals surface area contributed by atoms with Gasteiger partial charge in [-0.05, 0) is 43.0 Å². The van der Waals surface area contributed by atoms with Crippen molar-refractivity contribution in [2.75, 3.05) is 6.61 Å². The highest BCUT2D eigenvalue weighted by molar-refractivity contribution is 7.09. The van der Waals surface area contributed by atoms with Gasteiger partial charge >= 0.3 is 5.97 Å². The smallest absolute Gasteiger partial charge is 0.316 e. The third-order valence-electron chi connectivity index (χ3n) is 3.48. The van der Waals surface area contributed by atoms with Gasteiger partial charge in [0.05, 0.1) is 23.7 Å². The summed E-state index contributed by atoms with van der Waals surface area (Å²) in [5.41, 5.74) is 0.712. The van der Waals surface area contributed by atoms with Crippen molar-refractivity contribution in [1.82, 2.24) is 0 Å². The van der Waals surface area contributed by atoms with Crippen LogP contribution in [0.15, 0.2) is 41.8 Å². The molecule has 0 saturated carbocycles. The molecule has 1 unspecified atom stereocenters. The van der Waals surface area contributed by atoms with Gasteiger partial charge in [-0.15, -0.1) is 11.3 Å². The van der Waals surface area contributed by atoms with Crippen LogP contribution in [-0.4, -0.2) is 12.6 Å². The maximum Gasteiger partial charge on any atom is 0.316 e. The Morgan fingerprint density at radius 3 is 2.57 bits per heavy atom. The van der Waals surface area contributed by atoms with Crippen molar-refractivity contribution in [2.24, 2.45) is 0 Å². The van der Waals surface area contributed by atoms with Crippen molar-refractivity contribution in [1.29, 1.82) is 5.26 Å². The highest BCUT2D eigenvalue weighted by Crippen LogP contribution is 2.31. The lowest BCUT2D eigenvalue weighted by Crippen LogP contribution is -2.36. The molecule has 0 amide bonds. The van der Waals surface area contributed by atoms with E-state index in [0.717, 1.165) is 10.4 Å². The van der Waals surface area contributed by atoms with E-state index in [4.69, 9.17) is 10.00 Å². The van der Waals surface area contributed by atoms with Crippen LogP contribution in [0.3, 0.4) is 0 Å². The molecule has 0 bridgehead atoms. The number of ether oxygens (including phenoxy) is 1. The van der Waals surface area contributed by atoms with Crippen LogP contribution < -0.4 is 0 Å². The molecule has 0 radical (unpaired) electrons. The highest BCUT2D eigenvalue weighted by Gasteiger charge is 2.37. The van der Waals surface area contributed by atoms with Crippen molar-refractivity contribution in [3.8, 4) is 6.07 Å². The summed E-state index contributed by atoms with van der Waals surface area (Å²) >= 11 is 1.63. The van der Waals surface area contributed by atoms with Gasteiger partial charge in [0.15, 0.2) is 0 Å². The summed E-state index contributed by atoms with van der Waals surface area (Å²) in [5, 5.41) is 10.9. The highest BCUT2D eigenvalue weighted by atomic mass is 32.1. The molecule has 2 rings (SSSR count). The molecule has 0 aliphatic rings. The summed E-state index contributed by atoms with van der Waals surface area (Å²) in [4.78, 5) is 13.6. The standard InChI is InChI=1S/C17H17NO2S/c1-3-20-16(19)17(2,11-15-5-4-10-21-15)14-8-6-13(12-18)7-9-14/h4-10H,3,11H2,1-2H3. The molecule has 0 spiro atoms. The zero-order chi connectivity index (χ0) is 15.3. The van der Waals surface area contributed by atoms with Crippen molar-refractivity contribution in [2.45, 2.75) is 25.7 Å². The van der Waals surface area contributed by atoms with Crippen LogP contribution in [0.2, 0.25) is 0 Å². The molecule has 21 heavy (non-hydrogen) atoms. The van der Waals surface area contributed by atoms with Crippen LogP contribution in [0, 0.1) is 11.3 Å². The van der Waals surface area contributed by atoms with Crippen molar-refractivity contribution >= 4 is 17.3 Å². The van der Waals surface area contributed by atoms with Crippen molar-refractivity contribution in [3.63, 3.8) is 0 Å². The Balaban J connectivity index is 2.38. The van der Waals surface area contributed by atoms with Gasteiger partial charge in [-0.2, -0.15) is 5.26 Å². The number of esters is 1. The Labute approximate surface area is 128 Å². The minimum absolute atomic E-state index is 0.233. The second-order valence-electron chi connectivity index (χ2n) is 5.00. The first-order valence-electron chi connectivity index (χ1n) is 6.80. The summed E-state index contributed by atoms with van der Waals surface area (Å²) in [6, 6.07) is 13.2. The number of thiophene rings is 1. The predicted molar refractivity (Wildman–Crippen MR) is 83.2 cm³/mol. The van der Waals surface area contributed by atoms with E-state index in [1.807, 2.05) is 43.5 Å². The molecule has 0 N–H and O–H groups in total. The Kier molecular flexibility index (Phi) is 4.77. The van der Waals surface area contributed by atoms with Crippen LogP contribution in [-0.2, 0) is 21.4 Å². The van der Waals surface area contributed by atoms with Gasteiger partial charge in [0.2, 0.25) is 0 Å². The number of carbonyl (C=O) groups is 1. The summed E-state index contributed by atoms with van der Waals surface area (Å²) < 4.78 is 5.27. The topological polar surface area (TPSA) is 50.1 Å². The summed E-state index contributed by atoms with van der Waals surface area (Å²) in [5.74, 6) is -0.233. The Morgan fingerprint density at radius 1 is 1.33 bits per heavy atom. The third-order valence-corrected chi connectivity index (χ3v) is 4.36. The molecular weight excluding hydrogens is 282 g/mol. The molecule has 0 fully saturated rings. The fourth-order valence-electron chi connectivity index (χ4n) is 2.26. The normalized spacial score (nSPS) is 13.2. The average Bonchev–Trinajstić information content (AvgIpc) is 3.00. The van der Waals surface area contributed by atoms with E-state index in [1.165, 1.54) is 0 Å². The number of benzene rings is 1. The van der Waals surface area contributed by atoms with Crippen molar-refractivity contribution in [3.05, 3.63) is 57.8 Å². The lowest BCUT2D eigenvalue weighted by Gasteiger charge is -2.27. The monoisotopic (exact) mass is 299 g/mol. The van der Waals surface area contributed by atoms with Gasteiger partial charge in [-0.1, -0.05) is 18.2 Å². The third kappa shape index (κ3) is 3.32. The Bertz CT molecular complexity index is 640. The number of hydrogen-bond acceptors (Lipinski definition) is 4. The van der Waals surface area contributed by atoms with E-state index in [0.29, 0.717) is 18.6 Å². The van der Waals surface area contributed by atoms with Crippen LogP contribution >= 0.6 is 11.3 Å². The fourth-order valence-corrected chi connectivity index (χ4v) is 3.12. The Hall–Kier alpha value is -2.12. The minimum Gasteiger partial charge on any atom is -0.465 e. The molecule has 0 aliphatic heterocycles. The zero-order valence-electron chi connectivity index (χ0n) is 12.1. The molecular formula is C17H17NO2S. The molecule has 0 aliphatic carbocycles. The SMILES string of the molecule is CCOC(=O)C(C)(Cc1cccs1)c1ccc(C#N)cc1. The fraction of sp³-hybridized carbons (Fsp3) is 0.294. The van der Waals surface area contributed by atoms with Gasteiger partial charge < -0.3 is 4.74 Å². The lowest BCUT2D eigenvalue weighted by atomic mass is 9.79. The molecule has 1 aromatic heterocycles. The second-order valence-corrected chi connectivity index (χ2v) is 6.03. The van der Waals surface area contributed by atoms with Gasteiger partial charge in [-0.25, -0.2) is 0 Å². The van der Waals surface area contributed by atoms with E-state index in [2.05, 4.69) is 6.07 Å². The number of carbonyl (C=O) groups excluding carboxylic acids is 1. The molecule has 0 saturated heterocycles. The lowest BCUT2D eigenvalue weighted by molar-refractivity contribution is -0.149. The molecule has 4 heteroatoms. The zero-order valence-corrected chi connectivity index (χ0v) is 12.9. The van der Waals surface area contributed by atoms with Crippen LogP contribution in [0.1, 0.15) is 29.9 Å². The van der Waals surface area contributed by atoms with Gasteiger partial charge in [0.1, 0.15) is 0 Å². The van der Waals surface area contributed by atoms with Crippen molar-refractivity contribution < 1.29 is 9.53 Å². The first kappa shape index (κ1) is 15.3. The maximum absolute atomic E-state index is 12.5. The van der Waals surface area contributed by atoms with Crippen LogP contribution in [0.5, 0.6) is 0 Å². The maximum atomic E-state index is 12.5. The average molecular weight is 299 g/mol. The molecule has 2 aromatic rings. The van der Waals surface area contributed by atoms with Gasteiger partial charge in [0, 0.05) is 11.3 Å². The minimum atomic E-state index is -0.741. The summed E-state index contributed by atoms with van der Waals surface area (Å²) in [6.45, 7) is 4.06. The quantitative estimate of drug-likeness (QED) is 0.791. The second kappa shape index (κ2) is 6.55. The molecule has 1 heterocycles. The van der Waals surface area contributed by atoms with Crippen LogP contribution in [0.4, 0.5) is 0 Å². The van der Waals surface area contributed by atoms with Gasteiger partial charge in [0.25, 0.3) is 0 Å². The van der Waals surface area contributed by atoms with E-state index in [1.54, 1.807) is 23.5 Å². The van der Waals surface area contributed by atoms with E-state index in [9.17, 15) is 4.79 Å². The van der Waals surface area contributed by atoms with E-state index >= 15 is 0 Å². The number of rotatable bonds is 5. The molecule has 1 atom stereocenters.